The molecule has 1 unspecified atom stereocenters. The Hall–Kier alpha value is -2.60. The Kier molecular flexibility index (Phi) is 5.42. The van der Waals surface area contributed by atoms with Gasteiger partial charge in [-0.15, -0.1) is 0 Å². The van der Waals surface area contributed by atoms with E-state index in [0.717, 1.165) is 5.56 Å². The molecule has 0 aromatic heterocycles. The SMILES string of the molecule is Cc1ccc2c(c1)NC(=O)C(CC(=O)NCc1ccc(F)cc1Cl)CO2. The number of aryl methyl sites for hydroxylation is 1. The third kappa shape index (κ3) is 4.32. The summed E-state index contributed by atoms with van der Waals surface area (Å²) < 4.78 is 18.7. The molecule has 2 amide bonds. The number of fused-ring (bicyclic) bond motifs is 1. The number of carbonyl (C=O) groups is 2. The van der Waals surface area contributed by atoms with Crippen molar-refractivity contribution in [1.82, 2.24) is 5.32 Å². The molecule has 1 aliphatic heterocycles. The maximum Gasteiger partial charge on any atom is 0.231 e. The van der Waals surface area contributed by atoms with Gasteiger partial charge in [-0.25, -0.2) is 4.39 Å². The van der Waals surface area contributed by atoms with Gasteiger partial charge in [-0.1, -0.05) is 23.7 Å². The van der Waals surface area contributed by atoms with Crippen LogP contribution in [0.15, 0.2) is 36.4 Å². The molecule has 136 valence electrons. The van der Waals surface area contributed by atoms with Crippen LogP contribution in [0.4, 0.5) is 10.1 Å². The third-order valence-electron chi connectivity index (χ3n) is 4.13. The molecule has 0 saturated heterocycles. The monoisotopic (exact) mass is 376 g/mol. The molecule has 2 aromatic rings. The first-order chi connectivity index (χ1) is 12.4. The molecule has 1 heterocycles. The number of nitrogens with one attached hydrogen (secondary N) is 2. The molecule has 0 fully saturated rings. The normalized spacial score (nSPS) is 16.1. The lowest BCUT2D eigenvalue weighted by Crippen LogP contribution is -2.32. The Bertz CT molecular complexity index is 857. The van der Waals surface area contributed by atoms with E-state index in [1.807, 2.05) is 19.1 Å². The van der Waals surface area contributed by atoms with E-state index < -0.39 is 11.7 Å². The van der Waals surface area contributed by atoms with E-state index in [4.69, 9.17) is 16.3 Å². The van der Waals surface area contributed by atoms with Crippen molar-refractivity contribution in [3.63, 3.8) is 0 Å². The van der Waals surface area contributed by atoms with E-state index in [2.05, 4.69) is 10.6 Å². The summed E-state index contributed by atoms with van der Waals surface area (Å²) in [6, 6.07) is 9.49. The number of hydrogen-bond acceptors (Lipinski definition) is 3. The Labute approximate surface area is 155 Å². The van der Waals surface area contributed by atoms with Gasteiger partial charge in [-0.2, -0.15) is 0 Å². The van der Waals surface area contributed by atoms with Crippen molar-refractivity contribution < 1.29 is 18.7 Å². The fourth-order valence-corrected chi connectivity index (χ4v) is 2.91. The van der Waals surface area contributed by atoms with Crippen LogP contribution in [-0.4, -0.2) is 18.4 Å². The summed E-state index contributed by atoms with van der Waals surface area (Å²) in [5.41, 5.74) is 2.21. The highest BCUT2D eigenvalue weighted by Crippen LogP contribution is 2.29. The second-order valence-corrected chi connectivity index (χ2v) is 6.62. The van der Waals surface area contributed by atoms with E-state index >= 15 is 0 Å². The molecule has 1 aliphatic rings. The number of anilines is 1. The van der Waals surface area contributed by atoms with Crippen LogP contribution in [0.2, 0.25) is 5.02 Å². The summed E-state index contributed by atoms with van der Waals surface area (Å²) >= 11 is 5.94. The zero-order chi connectivity index (χ0) is 18.7. The zero-order valence-electron chi connectivity index (χ0n) is 14.1. The predicted octanol–water partition coefficient (Wildman–Crippen LogP) is 3.44. The van der Waals surface area contributed by atoms with Gasteiger partial charge in [0.15, 0.2) is 0 Å². The van der Waals surface area contributed by atoms with E-state index in [-0.39, 0.29) is 36.4 Å². The van der Waals surface area contributed by atoms with E-state index in [9.17, 15) is 14.0 Å². The van der Waals surface area contributed by atoms with Crippen LogP contribution >= 0.6 is 11.6 Å². The summed E-state index contributed by atoms with van der Waals surface area (Å²) in [7, 11) is 0. The van der Waals surface area contributed by atoms with Crippen molar-refractivity contribution in [3.05, 3.63) is 58.4 Å². The van der Waals surface area contributed by atoms with E-state index in [0.29, 0.717) is 17.0 Å². The fourth-order valence-electron chi connectivity index (χ4n) is 2.67. The predicted molar refractivity (Wildman–Crippen MR) is 96.7 cm³/mol. The van der Waals surface area contributed by atoms with Crippen LogP contribution in [0.3, 0.4) is 0 Å². The lowest BCUT2D eigenvalue weighted by molar-refractivity contribution is -0.128. The quantitative estimate of drug-likeness (QED) is 0.859. The number of halogens is 2. The molecule has 0 aliphatic carbocycles. The molecule has 2 N–H and O–H groups in total. The van der Waals surface area contributed by atoms with Gasteiger partial charge in [0, 0.05) is 18.0 Å². The van der Waals surface area contributed by atoms with E-state index in [1.54, 1.807) is 6.07 Å². The van der Waals surface area contributed by atoms with Gasteiger partial charge in [-0.3, -0.25) is 9.59 Å². The summed E-state index contributed by atoms with van der Waals surface area (Å²) in [6.45, 7) is 2.20. The minimum atomic E-state index is -0.605. The highest BCUT2D eigenvalue weighted by atomic mass is 35.5. The fraction of sp³-hybridized carbons (Fsp3) is 0.263. The van der Waals surface area contributed by atoms with Gasteiger partial charge in [0.25, 0.3) is 0 Å². The summed E-state index contributed by atoms with van der Waals surface area (Å²) in [6.07, 6.45) is -0.0163. The van der Waals surface area contributed by atoms with Crippen molar-refractivity contribution in [1.29, 1.82) is 0 Å². The number of amides is 2. The first-order valence-corrected chi connectivity index (χ1v) is 8.55. The van der Waals surface area contributed by atoms with Crippen molar-refractivity contribution in [2.75, 3.05) is 11.9 Å². The average Bonchev–Trinajstić information content (AvgIpc) is 2.73. The van der Waals surface area contributed by atoms with Crippen molar-refractivity contribution in [2.24, 2.45) is 5.92 Å². The lowest BCUT2D eigenvalue weighted by Gasteiger charge is -2.13. The molecule has 0 spiro atoms. The molecule has 0 saturated carbocycles. The van der Waals surface area contributed by atoms with Gasteiger partial charge in [0.2, 0.25) is 11.8 Å². The van der Waals surface area contributed by atoms with Gasteiger partial charge in [0.1, 0.15) is 18.2 Å². The summed E-state index contributed by atoms with van der Waals surface area (Å²) in [4.78, 5) is 24.5. The van der Waals surface area contributed by atoms with Gasteiger partial charge in [-0.05, 0) is 42.3 Å². The first kappa shape index (κ1) is 18.2. The second kappa shape index (κ2) is 7.74. The second-order valence-electron chi connectivity index (χ2n) is 6.21. The molecule has 3 rings (SSSR count). The Balaban J connectivity index is 1.58. The highest BCUT2D eigenvalue weighted by molar-refractivity contribution is 6.31. The van der Waals surface area contributed by atoms with Crippen LogP contribution in [0.1, 0.15) is 17.5 Å². The van der Waals surface area contributed by atoms with Crippen molar-refractivity contribution >= 4 is 29.1 Å². The Morgan fingerprint density at radius 1 is 1.35 bits per heavy atom. The largest absolute Gasteiger partial charge is 0.491 e. The zero-order valence-corrected chi connectivity index (χ0v) is 14.9. The average molecular weight is 377 g/mol. The lowest BCUT2D eigenvalue weighted by atomic mass is 10.1. The molecular formula is C19H18ClFN2O3. The van der Waals surface area contributed by atoms with Crippen LogP contribution in [0.25, 0.3) is 0 Å². The molecule has 1 atom stereocenters. The smallest absolute Gasteiger partial charge is 0.231 e. The number of ether oxygens (including phenoxy) is 1. The minimum Gasteiger partial charge on any atom is -0.491 e. The van der Waals surface area contributed by atoms with Crippen LogP contribution in [0, 0.1) is 18.7 Å². The summed E-state index contributed by atoms with van der Waals surface area (Å²) in [5, 5.41) is 5.74. The van der Waals surface area contributed by atoms with Crippen molar-refractivity contribution in [3.8, 4) is 5.75 Å². The van der Waals surface area contributed by atoms with Gasteiger partial charge < -0.3 is 15.4 Å². The molecular weight excluding hydrogens is 359 g/mol. The molecule has 2 aromatic carbocycles. The standard InChI is InChI=1S/C19H18ClFN2O3/c1-11-2-5-17-16(6-11)23-19(25)13(10-26-17)7-18(24)22-9-12-3-4-14(21)8-15(12)20/h2-6,8,13H,7,9-10H2,1H3,(H,22,24)(H,23,25). The molecule has 5 nitrogen and oxygen atoms in total. The topological polar surface area (TPSA) is 67.4 Å². The molecule has 26 heavy (non-hydrogen) atoms. The molecule has 7 heteroatoms. The molecule has 0 bridgehead atoms. The van der Waals surface area contributed by atoms with Crippen LogP contribution in [-0.2, 0) is 16.1 Å². The van der Waals surface area contributed by atoms with Crippen molar-refractivity contribution in [2.45, 2.75) is 19.9 Å². The first-order valence-electron chi connectivity index (χ1n) is 8.17. The third-order valence-corrected chi connectivity index (χ3v) is 4.48. The van der Waals surface area contributed by atoms with Crippen LogP contribution < -0.4 is 15.4 Å². The Morgan fingerprint density at radius 3 is 2.92 bits per heavy atom. The van der Waals surface area contributed by atoms with E-state index in [1.165, 1.54) is 18.2 Å². The Morgan fingerprint density at radius 2 is 2.15 bits per heavy atom. The highest BCUT2D eigenvalue weighted by Gasteiger charge is 2.27. The summed E-state index contributed by atoms with van der Waals surface area (Å²) in [5.74, 6) is -1.02. The maximum atomic E-state index is 13.0. The molecule has 0 radical (unpaired) electrons. The maximum absolute atomic E-state index is 13.0. The van der Waals surface area contributed by atoms with Crippen LogP contribution in [0.5, 0.6) is 5.75 Å². The minimum absolute atomic E-state index is 0.0163. The number of rotatable bonds is 4. The number of carbonyl (C=O) groups excluding carboxylic acids is 2. The number of benzene rings is 2. The van der Waals surface area contributed by atoms with Gasteiger partial charge in [0.05, 0.1) is 11.6 Å². The van der Waals surface area contributed by atoms with Gasteiger partial charge >= 0.3 is 0 Å². The number of hydrogen-bond donors (Lipinski definition) is 2.